The van der Waals surface area contributed by atoms with Crippen LogP contribution in [0.5, 0.6) is 0 Å². The number of benzene rings is 1. The van der Waals surface area contributed by atoms with Gasteiger partial charge in [-0.2, -0.15) is 0 Å². The van der Waals surface area contributed by atoms with Crippen LogP contribution < -0.4 is 10.6 Å². The quantitative estimate of drug-likeness (QED) is 0.925. The maximum Gasteiger partial charge on any atom is 0.0702 e. The highest BCUT2D eigenvalue weighted by Gasteiger charge is 2.39. The number of rotatable bonds is 3. The second kappa shape index (κ2) is 6.37. The zero-order chi connectivity index (χ0) is 14.7. The predicted molar refractivity (Wildman–Crippen MR) is 87.5 cm³/mol. The zero-order valence-electron chi connectivity index (χ0n) is 13.2. The summed E-state index contributed by atoms with van der Waals surface area (Å²) in [5, 5.41) is 0. The minimum Gasteiger partial charge on any atom is -0.375 e. The van der Waals surface area contributed by atoms with Crippen LogP contribution in [0.1, 0.15) is 50.5 Å². The van der Waals surface area contributed by atoms with Gasteiger partial charge in [0.15, 0.2) is 0 Å². The molecule has 1 heterocycles. The molecule has 2 fully saturated rings. The van der Waals surface area contributed by atoms with E-state index >= 15 is 0 Å². The summed E-state index contributed by atoms with van der Waals surface area (Å²) in [7, 11) is 2.23. The smallest absolute Gasteiger partial charge is 0.0702 e. The molecule has 2 aliphatic rings. The Hall–Kier alpha value is -1.06. The second-order valence-corrected chi connectivity index (χ2v) is 6.72. The SMILES string of the molecule is CN(c1ccc(CN)cc1)C1CCOC2(CCCCC2)C1. The number of nitrogens with zero attached hydrogens (tertiary/aromatic N) is 1. The van der Waals surface area contributed by atoms with Gasteiger partial charge in [-0.25, -0.2) is 0 Å². The molecule has 21 heavy (non-hydrogen) atoms. The van der Waals surface area contributed by atoms with Crippen LogP contribution in [0.2, 0.25) is 0 Å². The molecule has 3 rings (SSSR count). The van der Waals surface area contributed by atoms with E-state index in [4.69, 9.17) is 10.5 Å². The summed E-state index contributed by atoms with van der Waals surface area (Å²) in [5.41, 5.74) is 8.35. The Morgan fingerprint density at radius 2 is 1.90 bits per heavy atom. The van der Waals surface area contributed by atoms with Gasteiger partial charge >= 0.3 is 0 Å². The molecule has 1 unspecified atom stereocenters. The van der Waals surface area contributed by atoms with Crippen molar-refractivity contribution in [1.82, 2.24) is 0 Å². The summed E-state index contributed by atoms with van der Waals surface area (Å²) in [6.45, 7) is 1.53. The minimum atomic E-state index is 0.173. The van der Waals surface area contributed by atoms with Crippen LogP contribution in [-0.2, 0) is 11.3 Å². The van der Waals surface area contributed by atoms with Crippen molar-refractivity contribution in [2.75, 3.05) is 18.6 Å². The molecule has 1 spiro atoms. The molecule has 1 aromatic rings. The summed E-state index contributed by atoms with van der Waals surface area (Å²) in [5.74, 6) is 0. The molecule has 1 atom stereocenters. The normalized spacial score (nSPS) is 25.0. The number of ether oxygens (including phenoxy) is 1. The highest BCUT2D eigenvalue weighted by atomic mass is 16.5. The Morgan fingerprint density at radius 3 is 2.57 bits per heavy atom. The largest absolute Gasteiger partial charge is 0.375 e. The van der Waals surface area contributed by atoms with Crippen molar-refractivity contribution < 1.29 is 4.74 Å². The molecule has 0 bridgehead atoms. The Bertz CT molecular complexity index is 445. The van der Waals surface area contributed by atoms with Crippen LogP contribution in [0.3, 0.4) is 0 Å². The van der Waals surface area contributed by atoms with Crippen molar-refractivity contribution in [2.45, 2.75) is 63.1 Å². The van der Waals surface area contributed by atoms with Crippen LogP contribution in [0, 0.1) is 0 Å². The first kappa shape index (κ1) is 14.9. The summed E-state index contributed by atoms with van der Waals surface area (Å²) < 4.78 is 6.22. The standard InChI is InChI=1S/C18H28N2O/c1-20(16-7-5-15(14-19)6-8-16)17-9-12-21-18(13-17)10-3-2-4-11-18/h5-8,17H,2-4,9-14,19H2,1H3. The Morgan fingerprint density at radius 1 is 1.19 bits per heavy atom. The molecule has 0 radical (unpaired) electrons. The Balaban J connectivity index is 1.69. The average Bonchev–Trinajstić information content (AvgIpc) is 2.55. The second-order valence-electron chi connectivity index (χ2n) is 6.72. The summed E-state index contributed by atoms with van der Waals surface area (Å²) >= 11 is 0. The maximum absolute atomic E-state index is 6.22. The summed E-state index contributed by atoms with van der Waals surface area (Å²) in [6, 6.07) is 9.28. The molecule has 0 aromatic heterocycles. The molecule has 3 heteroatoms. The minimum absolute atomic E-state index is 0.173. The van der Waals surface area contributed by atoms with E-state index in [9.17, 15) is 0 Å². The van der Waals surface area contributed by atoms with Gasteiger partial charge in [-0.05, 0) is 43.4 Å². The first-order chi connectivity index (χ1) is 10.2. The van der Waals surface area contributed by atoms with Crippen LogP contribution >= 0.6 is 0 Å². The van der Waals surface area contributed by atoms with Crippen LogP contribution in [0.25, 0.3) is 0 Å². The third-order valence-corrected chi connectivity index (χ3v) is 5.36. The lowest BCUT2D eigenvalue weighted by Gasteiger charge is -2.46. The lowest BCUT2D eigenvalue weighted by Crippen LogP contribution is -2.48. The van der Waals surface area contributed by atoms with E-state index in [1.165, 1.54) is 49.8 Å². The van der Waals surface area contributed by atoms with Gasteiger partial charge in [0.2, 0.25) is 0 Å². The Kier molecular flexibility index (Phi) is 4.51. The van der Waals surface area contributed by atoms with Crippen molar-refractivity contribution >= 4 is 5.69 Å². The van der Waals surface area contributed by atoms with Gasteiger partial charge in [-0.15, -0.1) is 0 Å². The molecule has 2 N–H and O–H groups in total. The first-order valence-electron chi connectivity index (χ1n) is 8.38. The van der Waals surface area contributed by atoms with E-state index in [0.717, 1.165) is 13.0 Å². The molecule has 1 aliphatic carbocycles. The van der Waals surface area contributed by atoms with Gasteiger partial charge in [0.1, 0.15) is 0 Å². The molecule has 1 aromatic carbocycles. The molecule has 0 amide bonds. The van der Waals surface area contributed by atoms with Gasteiger partial charge in [0.05, 0.1) is 5.60 Å². The van der Waals surface area contributed by atoms with E-state index in [2.05, 4.69) is 36.2 Å². The van der Waals surface area contributed by atoms with E-state index in [1.54, 1.807) is 0 Å². The van der Waals surface area contributed by atoms with Crippen molar-refractivity contribution in [3.05, 3.63) is 29.8 Å². The van der Waals surface area contributed by atoms with Gasteiger partial charge in [-0.3, -0.25) is 0 Å². The molecular weight excluding hydrogens is 260 g/mol. The summed E-state index contributed by atoms with van der Waals surface area (Å²) in [6.07, 6.45) is 8.88. The highest BCUT2D eigenvalue weighted by Crippen LogP contribution is 2.40. The number of anilines is 1. The van der Waals surface area contributed by atoms with Crippen molar-refractivity contribution in [3.63, 3.8) is 0 Å². The molecule has 116 valence electrons. The summed E-state index contributed by atoms with van der Waals surface area (Å²) in [4.78, 5) is 2.44. The molecule has 1 saturated heterocycles. The molecule has 1 aliphatic heterocycles. The number of hydrogen-bond donors (Lipinski definition) is 1. The molecule has 1 saturated carbocycles. The van der Waals surface area contributed by atoms with E-state index in [1.807, 2.05) is 0 Å². The van der Waals surface area contributed by atoms with Gasteiger partial charge in [0.25, 0.3) is 0 Å². The lowest BCUT2D eigenvalue weighted by atomic mass is 9.78. The first-order valence-corrected chi connectivity index (χ1v) is 8.38. The molecular formula is C18H28N2O. The van der Waals surface area contributed by atoms with Crippen molar-refractivity contribution in [3.8, 4) is 0 Å². The van der Waals surface area contributed by atoms with Gasteiger partial charge < -0.3 is 15.4 Å². The predicted octanol–water partition coefficient (Wildman–Crippen LogP) is 3.46. The van der Waals surface area contributed by atoms with Gasteiger partial charge in [-0.1, -0.05) is 31.4 Å². The fourth-order valence-electron chi connectivity index (χ4n) is 3.96. The van der Waals surface area contributed by atoms with Crippen LogP contribution in [0.15, 0.2) is 24.3 Å². The lowest BCUT2D eigenvalue weighted by molar-refractivity contribution is -0.105. The molecule has 3 nitrogen and oxygen atoms in total. The third kappa shape index (κ3) is 3.24. The van der Waals surface area contributed by atoms with Crippen molar-refractivity contribution in [1.29, 1.82) is 0 Å². The topological polar surface area (TPSA) is 38.5 Å². The fourth-order valence-corrected chi connectivity index (χ4v) is 3.96. The fraction of sp³-hybridized carbons (Fsp3) is 0.667. The maximum atomic E-state index is 6.22. The Labute approximate surface area is 128 Å². The number of nitrogens with two attached hydrogens (primary N) is 1. The van der Waals surface area contributed by atoms with E-state index < -0.39 is 0 Å². The van der Waals surface area contributed by atoms with Crippen LogP contribution in [-0.4, -0.2) is 25.3 Å². The van der Waals surface area contributed by atoms with Crippen molar-refractivity contribution in [2.24, 2.45) is 5.73 Å². The zero-order valence-corrected chi connectivity index (χ0v) is 13.2. The number of hydrogen-bond acceptors (Lipinski definition) is 3. The third-order valence-electron chi connectivity index (χ3n) is 5.36. The van der Waals surface area contributed by atoms with E-state index in [0.29, 0.717) is 12.6 Å². The van der Waals surface area contributed by atoms with E-state index in [-0.39, 0.29) is 5.60 Å². The van der Waals surface area contributed by atoms with Gasteiger partial charge in [0, 0.05) is 31.9 Å². The highest BCUT2D eigenvalue weighted by molar-refractivity contribution is 5.48. The van der Waals surface area contributed by atoms with Crippen LogP contribution in [0.4, 0.5) is 5.69 Å². The monoisotopic (exact) mass is 288 g/mol. The average molecular weight is 288 g/mol.